The number of carboxylic acid groups (broad SMARTS) is 1. The van der Waals surface area contributed by atoms with Crippen molar-refractivity contribution in [1.82, 2.24) is 5.32 Å². The molecular formula is C13H16N2O3. The lowest BCUT2D eigenvalue weighted by atomic mass is 10.0. The summed E-state index contributed by atoms with van der Waals surface area (Å²) in [7, 11) is 1.73. The summed E-state index contributed by atoms with van der Waals surface area (Å²) in [4.78, 5) is 10.9. The molecule has 1 rings (SSSR count). The Morgan fingerprint density at radius 2 is 2.28 bits per heavy atom. The summed E-state index contributed by atoms with van der Waals surface area (Å²) in [5, 5.41) is 19.1. The Kier molecular flexibility index (Phi) is 4.92. The van der Waals surface area contributed by atoms with Gasteiger partial charge in [0.25, 0.3) is 0 Å². The maximum Gasteiger partial charge on any atom is 0.335 e. The van der Waals surface area contributed by atoms with Gasteiger partial charge in [0.2, 0.25) is 0 Å². The zero-order valence-corrected chi connectivity index (χ0v) is 10.4. The molecule has 18 heavy (non-hydrogen) atoms. The van der Waals surface area contributed by atoms with Gasteiger partial charge in [-0.15, -0.1) is 0 Å². The van der Waals surface area contributed by atoms with Gasteiger partial charge in [0.05, 0.1) is 12.2 Å². The zero-order chi connectivity index (χ0) is 13.5. The molecule has 1 aromatic carbocycles. The predicted molar refractivity (Wildman–Crippen MR) is 70.4 cm³/mol. The Hall–Kier alpha value is -2.30. The van der Waals surface area contributed by atoms with Gasteiger partial charge in [-0.1, -0.05) is 0 Å². The first-order valence-corrected chi connectivity index (χ1v) is 5.52. The number of hydrogen-bond acceptors (Lipinski definition) is 4. The first kappa shape index (κ1) is 13.8. The van der Waals surface area contributed by atoms with E-state index in [0.29, 0.717) is 23.5 Å². The third-order valence-electron chi connectivity index (χ3n) is 2.29. The Labute approximate surface area is 106 Å². The molecule has 0 atom stereocenters. The normalized spacial score (nSPS) is 10.9. The fraction of sp³-hybridized carbons (Fsp3) is 0.231. The molecule has 5 heteroatoms. The molecule has 0 amide bonds. The quantitative estimate of drug-likeness (QED) is 0.672. The minimum absolute atomic E-state index is 0.163. The van der Waals surface area contributed by atoms with Crippen LogP contribution in [-0.2, 0) is 0 Å². The highest BCUT2D eigenvalue weighted by Gasteiger charge is 2.11. The SMILES string of the molecule is CCOc1cc(C(=O)O)ccc1/C(C=N)=C/NC. The molecule has 0 heterocycles. The Bertz CT molecular complexity index is 481. The highest BCUT2D eigenvalue weighted by molar-refractivity contribution is 6.09. The average Bonchev–Trinajstić information content (AvgIpc) is 2.36. The molecule has 0 saturated carbocycles. The molecule has 1 aromatic rings. The van der Waals surface area contributed by atoms with E-state index < -0.39 is 5.97 Å². The summed E-state index contributed by atoms with van der Waals surface area (Å²) in [6.45, 7) is 2.25. The molecule has 0 fully saturated rings. The van der Waals surface area contributed by atoms with Crippen molar-refractivity contribution in [3.63, 3.8) is 0 Å². The maximum absolute atomic E-state index is 10.9. The molecule has 5 nitrogen and oxygen atoms in total. The zero-order valence-electron chi connectivity index (χ0n) is 10.4. The lowest BCUT2D eigenvalue weighted by molar-refractivity contribution is 0.0696. The highest BCUT2D eigenvalue weighted by Crippen LogP contribution is 2.26. The summed E-state index contributed by atoms with van der Waals surface area (Å²) in [6, 6.07) is 4.60. The van der Waals surface area contributed by atoms with Crippen LogP contribution >= 0.6 is 0 Å². The standard InChI is InChI=1S/C13H16N2O3/c1-3-18-12-6-9(13(16)17)4-5-11(12)10(7-14)8-15-2/h4-8,14-15H,3H2,1-2H3,(H,16,17)/b10-8+,14-7?. The van der Waals surface area contributed by atoms with Crippen LogP contribution < -0.4 is 10.1 Å². The van der Waals surface area contributed by atoms with Crippen molar-refractivity contribution in [3.8, 4) is 5.75 Å². The minimum atomic E-state index is -1.00. The molecular weight excluding hydrogens is 232 g/mol. The highest BCUT2D eigenvalue weighted by atomic mass is 16.5. The van der Waals surface area contributed by atoms with E-state index in [9.17, 15) is 4.79 Å². The number of nitrogens with one attached hydrogen (secondary N) is 2. The van der Waals surface area contributed by atoms with Gasteiger partial charge in [-0.2, -0.15) is 0 Å². The molecule has 96 valence electrons. The monoisotopic (exact) mass is 248 g/mol. The van der Waals surface area contributed by atoms with Gasteiger partial charge in [-0.25, -0.2) is 4.79 Å². The smallest absolute Gasteiger partial charge is 0.335 e. The van der Waals surface area contributed by atoms with Crippen LogP contribution in [-0.4, -0.2) is 30.9 Å². The van der Waals surface area contributed by atoms with Crippen molar-refractivity contribution < 1.29 is 14.6 Å². The fourth-order valence-electron chi connectivity index (χ4n) is 1.52. The van der Waals surface area contributed by atoms with Crippen LogP contribution in [0.3, 0.4) is 0 Å². The molecule has 0 unspecified atom stereocenters. The van der Waals surface area contributed by atoms with E-state index in [2.05, 4.69) is 5.32 Å². The number of ether oxygens (including phenoxy) is 1. The van der Waals surface area contributed by atoms with Crippen LogP contribution in [0.15, 0.2) is 24.4 Å². The van der Waals surface area contributed by atoms with Crippen molar-refractivity contribution in [2.75, 3.05) is 13.7 Å². The van der Waals surface area contributed by atoms with Crippen LogP contribution in [0.1, 0.15) is 22.8 Å². The fourth-order valence-corrected chi connectivity index (χ4v) is 1.52. The van der Waals surface area contributed by atoms with Crippen molar-refractivity contribution in [3.05, 3.63) is 35.5 Å². The second kappa shape index (κ2) is 6.44. The Balaban J connectivity index is 3.30. The maximum atomic E-state index is 10.9. The summed E-state index contributed by atoms with van der Waals surface area (Å²) in [5.74, 6) is -0.543. The average molecular weight is 248 g/mol. The Morgan fingerprint density at radius 1 is 1.56 bits per heavy atom. The number of hydrogen-bond donors (Lipinski definition) is 3. The number of benzene rings is 1. The minimum Gasteiger partial charge on any atom is -0.493 e. The van der Waals surface area contributed by atoms with E-state index in [-0.39, 0.29) is 5.56 Å². The number of aromatic carboxylic acids is 1. The molecule has 0 aliphatic carbocycles. The first-order chi connectivity index (χ1) is 8.63. The molecule has 0 saturated heterocycles. The van der Waals surface area contributed by atoms with Gasteiger partial charge < -0.3 is 20.6 Å². The molecule has 0 spiro atoms. The third-order valence-corrected chi connectivity index (χ3v) is 2.29. The third kappa shape index (κ3) is 3.10. The van der Waals surface area contributed by atoms with Crippen LogP contribution in [0.4, 0.5) is 0 Å². The largest absolute Gasteiger partial charge is 0.493 e. The van der Waals surface area contributed by atoms with Crippen molar-refractivity contribution in [1.29, 1.82) is 5.41 Å². The first-order valence-electron chi connectivity index (χ1n) is 5.52. The lowest BCUT2D eigenvalue weighted by Gasteiger charge is -2.11. The number of allylic oxidation sites excluding steroid dienone is 1. The van der Waals surface area contributed by atoms with E-state index >= 15 is 0 Å². The van der Waals surface area contributed by atoms with Crippen molar-refractivity contribution >= 4 is 17.8 Å². The van der Waals surface area contributed by atoms with Gasteiger partial charge in [0.1, 0.15) is 5.75 Å². The number of carboxylic acids is 1. The predicted octanol–water partition coefficient (Wildman–Crippen LogP) is 1.99. The number of rotatable bonds is 6. The molecule has 3 N–H and O–H groups in total. The number of carbonyl (C=O) groups is 1. The van der Waals surface area contributed by atoms with Gasteiger partial charge in [-0.3, -0.25) is 0 Å². The van der Waals surface area contributed by atoms with E-state index in [4.69, 9.17) is 15.3 Å². The lowest BCUT2D eigenvalue weighted by Crippen LogP contribution is -2.03. The molecule has 0 aliphatic heterocycles. The van der Waals surface area contributed by atoms with Gasteiger partial charge in [0, 0.05) is 30.6 Å². The van der Waals surface area contributed by atoms with E-state index in [1.165, 1.54) is 18.3 Å². The van der Waals surface area contributed by atoms with E-state index in [1.54, 1.807) is 19.3 Å². The van der Waals surface area contributed by atoms with Crippen LogP contribution in [0.2, 0.25) is 0 Å². The second-order valence-electron chi connectivity index (χ2n) is 3.48. The van der Waals surface area contributed by atoms with Crippen molar-refractivity contribution in [2.45, 2.75) is 6.92 Å². The summed E-state index contributed by atoms with van der Waals surface area (Å²) < 4.78 is 5.42. The van der Waals surface area contributed by atoms with Crippen LogP contribution in [0, 0.1) is 5.41 Å². The van der Waals surface area contributed by atoms with Crippen molar-refractivity contribution in [2.24, 2.45) is 0 Å². The Morgan fingerprint density at radius 3 is 2.78 bits per heavy atom. The van der Waals surface area contributed by atoms with Gasteiger partial charge in [-0.05, 0) is 25.1 Å². The van der Waals surface area contributed by atoms with E-state index in [1.807, 2.05) is 6.92 Å². The molecule has 0 bridgehead atoms. The summed E-state index contributed by atoms with van der Waals surface area (Å²) in [5.41, 5.74) is 1.47. The van der Waals surface area contributed by atoms with E-state index in [0.717, 1.165) is 0 Å². The van der Waals surface area contributed by atoms with Crippen LogP contribution in [0.5, 0.6) is 5.75 Å². The van der Waals surface area contributed by atoms with Gasteiger partial charge in [0.15, 0.2) is 0 Å². The topological polar surface area (TPSA) is 82.4 Å². The summed E-state index contributed by atoms with van der Waals surface area (Å²) >= 11 is 0. The molecule has 0 radical (unpaired) electrons. The molecule has 0 aromatic heterocycles. The molecule has 0 aliphatic rings. The second-order valence-corrected chi connectivity index (χ2v) is 3.48. The summed E-state index contributed by atoms with van der Waals surface area (Å²) in [6.07, 6.45) is 2.85. The van der Waals surface area contributed by atoms with Crippen LogP contribution in [0.25, 0.3) is 5.57 Å². The van der Waals surface area contributed by atoms with Gasteiger partial charge >= 0.3 is 5.97 Å².